The predicted molar refractivity (Wildman–Crippen MR) is 120 cm³/mol. The molecule has 0 unspecified atom stereocenters. The predicted octanol–water partition coefficient (Wildman–Crippen LogP) is 1.04. The Morgan fingerprint density at radius 1 is 1.25 bits per heavy atom. The number of rotatable bonds is 5. The number of likely N-dealkylation sites (N-methyl/N-ethyl adjacent to an activating group) is 1. The molecule has 2 amide bonds. The summed E-state index contributed by atoms with van der Waals surface area (Å²) < 4.78 is 42.3. The van der Waals surface area contributed by atoms with Gasteiger partial charge in [0.05, 0.1) is 29.7 Å². The molecule has 1 aromatic rings. The van der Waals surface area contributed by atoms with Gasteiger partial charge in [0.1, 0.15) is 19.0 Å². The molecule has 0 bridgehead atoms. The van der Waals surface area contributed by atoms with Gasteiger partial charge in [0.15, 0.2) is 0 Å². The number of amides is 2. The third-order valence-electron chi connectivity index (χ3n) is 5.34. The summed E-state index contributed by atoms with van der Waals surface area (Å²) in [5.74, 6) is -0.289. The Hall–Kier alpha value is -2.37. The number of hydrogen-bond acceptors (Lipinski definition) is 7. The number of carbonyl (C=O) groups excluding carboxylic acids is 2. The van der Waals surface area contributed by atoms with Crippen molar-refractivity contribution in [2.24, 2.45) is 5.92 Å². The molecule has 11 heteroatoms. The van der Waals surface area contributed by atoms with Gasteiger partial charge < -0.3 is 24.0 Å². The Labute approximate surface area is 189 Å². The van der Waals surface area contributed by atoms with Crippen molar-refractivity contribution in [3.63, 3.8) is 0 Å². The summed E-state index contributed by atoms with van der Waals surface area (Å²) in [5, 5.41) is 0. The molecule has 0 saturated heterocycles. The van der Waals surface area contributed by atoms with Gasteiger partial charge in [-0.05, 0) is 19.1 Å². The lowest BCUT2D eigenvalue weighted by atomic mass is 10.0. The molecule has 0 aromatic heterocycles. The average molecular weight is 472 g/mol. The molecule has 0 radical (unpaired) electrons. The van der Waals surface area contributed by atoms with Crippen LogP contribution in [-0.4, -0.2) is 96.0 Å². The normalized spacial score (nSPS) is 22.9. The van der Waals surface area contributed by atoms with E-state index in [-0.39, 0.29) is 60.1 Å². The van der Waals surface area contributed by atoms with E-state index in [2.05, 4.69) is 4.72 Å². The Kier molecular flexibility index (Phi) is 8.88. The van der Waals surface area contributed by atoms with Gasteiger partial charge in [0.25, 0.3) is 5.91 Å². The molecule has 0 spiro atoms. The fourth-order valence-corrected chi connectivity index (χ4v) is 4.16. The second-order valence-electron chi connectivity index (χ2n) is 8.16. The van der Waals surface area contributed by atoms with Crippen LogP contribution in [0.1, 0.15) is 24.2 Å². The van der Waals surface area contributed by atoms with E-state index in [1.54, 1.807) is 19.1 Å². The molecule has 1 N–H and O–H groups in total. The number of benzene rings is 1. The van der Waals surface area contributed by atoms with Gasteiger partial charge in [-0.25, -0.2) is 8.42 Å². The Bertz CT molecular complexity index is 922. The molecule has 1 aliphatic rings. The summed E-state index contributed by atoms with van der Waals surface area (Å²) in [6.07, 6.45) is 0.740. The van der Waals surface area contributed by atoms with Crippen molar-refractivity contribution in [3.8, 4) is 5.75 Å². The minimum Gasteiger partial charge on any atom is -0.491 e. The summed E-state index contributed by atoms with van der Waals surface area (Å²) in [4.78, 5) is 29.0. The Balaban J connectivity index is 2.47. The quantitative estimate of drug-likeness (QED) is 0.682. The van der Waals surface area contributed by atoms with E-state index in [0.29, 0.717) is 13.1 Å². The molecule has 1 aromatic carbocycles. The van der Waals surface area contributed by atoms with Crippen molar-refractivity contribution in [1.29, 1.82) is 0 Å². The molecule has 1 aliphatic heterocycles. The van der Waals surface area contributed by atoms with Gasteiger partial charge in [0.2, 0.25) is 15.9 Å². The number of sulfonamides is 1. The van der Waals surface area contributed by atoms with E-state index in [1.807, 2.05) is 13.8 Å². The van der Waals surface area contributed by atoms with Crippen LogP contribution < -0.4 is 9.46 Å². The molecule has 1 heterocycles. The molecule has 3 atom stereocenters. The second kappa shape index (κ2) is 11.0. The van der Waals surface area contributed by atoms with Gasteiger partial charge in [-0.3, -0.25) is 14.3 Å². The van der Waals surface area contributed by atoms with Crippen molar-refractivity contribution in [3.05, 3.63) is 23.8 Å². The molecule has 0 saturated carbocycles. The zero-order valence-electron chi connectivity index (χ0n) is 19.5. The number of anilines is 1. The zero-order valence-corrected chi connectivity index (χ0v) is 20.3. The monoisotopic (exact) mass is 471 g/mol. The topological polar surface area (TPSA) is 114 Å². The van der Waals surface area contributed by atoms with Crippen LogP contribution in [0.25, 0.3) is 0 Å². The fourth-order valence-electron chi connectivity index (χ4n) is 3.60. The highest BCUT2D eigenvalue weighted by Crippen LogP contribution is 2.27. The molecule has 32 heavy (non-hydrogen) atoms. The molecule has 2 rings (SSSR count). The number of nitrogens with zero attached hydrogens (tertiary/aromatic N) is 2. The lowest BCUT2D eigenvalue weighted by Gasteiger charge is -2.36. The number of methoxy groups -OCH3 is 2. The standard InChI is InChI=1S/C21H33N3O7S/c1-14-10-24(20(25)13-29-4)15(2)12-31-18-9-16(22-32(6,27)28)7-8-17(18)21(26)23(3)11-19(14)30-5/h7-9,14-15,19,22H,10-13H2,1-6H3/t14-,15-,19-/m0/s1. The minimum atomic E-state index is -3.51. The number of nitrogens with one attached hydrogen (secondary N) is 1. The van der Waals surface area contributed by atoms with E-state index < -0.39 is 10.0 Å². The largest absolute Gasteiger partial charge is 0.491 e. The summed E-state index contributed by atoms with van der Waals surface area (Å²) in [6, 6.07) is 4.18. The van der Waals surface area contributed by atoms with E-state index >= 15 is 0 Å². The maximum Gasteiger partial charge on any atom is 0.257 e. The second-order valence-corrected chi connectivity index (χ2v) is 9.91. The van der Waals surface area contributed by atoms with Crippen LogP contribution in [0.4, 0.5) is 5.69 Å². The van der Waals surface area contributed by atoms with Crippen molar-refractivity contribution in [2.75, 3.05) is 58.5 Å². The first-order valence-corrected chi connectivity index (χ1v) is 12.2. The number of hydrogen-bond donors (Lipinski definition) is 1. The molecule has 10 nitrogen and oxygen atoms in total. The fraction of sp³-hybridized carbons (Fsp3) is 0.619. The number of carbonyl (C=O) groups is 2. The van der Waals surface area contributed by atoms with Crippen LogP contribution in [0.15, 0.2) is 18.2 Å². The highest BCUT2D eigenvalue weighted by molar-refractivity contribution is 7.92. The van der Waals surface area contributed by atoms with Crippen LogP contribution in [0, 0.1) is 5.92 Å². The van der Waals surface area contributed by atoms with Crippen molar-refractivity contribution in [1.82, 2.24) is 9.80 Å². The third-order valence-corrected chi connectivity index (χ3v) is 5.94. The van der Waals surface area contributed by atoms with Gasteiger partial charge >= 0.3 is 0 Å². The van der Waals surface area contributed by atoms with E-state index in [1.165, 1.54) is 30.2 Å². The summed E-state index contributed by atoms with van der Waals surface area (Å²) in [7, 11) is 1.20. The highest BCUT2D eigenvalue weighted by Gasteiger charge is 2.30. The van der Waals surface area contributed by atoms with Crippen molar-refractivity contribution in [2.45, 2.75) is 26.0 Å². The Morgan fingerprint density at radius 3 is 2.53 bits per heavy atom. The van der Waals surface area contributed by atoms with Gasteiger partial charge in [-0.15, -0.1) is 0 Å². The first-order valence-electron chi connectivity index (χ1n) is 10.3. The summed E-state index contributed by atoms with van der Waals surface area (Å²) in [6.45, 7) is 4.56. The van der Waals surface area contributed by atoms with Crippen LogP contribution in [-0.2, 0) is 24.3 Å². The van der Waals surface area contributed by atoms with E-state index in [9.17, 15) is 18.0 Å². The molecular weight excluding hydrogens is 438 g/mol. The van der Waals surface area contributed by atoms with Crippen LogP contribution in [0.2, 0.25) is 0 Å². The first-order chi connectivity index (χ1) is 15.0. The van der Waals surface area contributed by atoms with Gasteiger partial charge in [-0.2, -0.15) is 0 Å². The van der Waals surface area contributed by atoms with Crippen molar-refractivity contribution >= 4 is 27.5 Å². The van der Waals surface area contributed by atoms with E-state index in [0.717, 1.165) is 6.26 Å². The highest BCUT2D eigenvalue weighted by atomic mass is 32.2. The first kappa shape index (κ1) is 25.9. The summed E-state index contributed by atoms with van der Waals surface area (Å²) in [5.41, 5.74) is 0.564. The van der Waals surface area contributed by atoms with Gasteiger partial charge in [0, 0.05) is 46.3 Å². The maximum absolute atomic E-state index is 13.1. The SMILES string of the molecule is COCC(=O)N1C[C@H](C)[C@@H](OC)CN(C)C(=O)c2ccc(NS(C)(=O)=O)cc2OC[C@@H]1C. The van der Waals surface area contributed by atoms with Crippen LogP contribution in [0.5, 0.6) is 5.75 Å². The lowest BCUT2D eigenvalue weighted by molar-refractivity contribution is -0.139. The number of fused-ring (bicyclic) bond motifs is 1. The third kappa shape index (κ3) is 6.81. The van der Waals surface area contributed by atoms with Gasteiger partial charge in [-0.1, -0.05) is 6.92 Å². The smallest absolute Gasteiger partial charge is 0.257 e. The zero-order chi connectivity index (χ0) is 24.1. The Morgan fingerprint density at radius 2 is 1.94 bits per heavy atom. The maximum atomic E-state index is 13.1. The molecular formula is C21H33N3O7S. The van der Waals surface area contributed by atoms with Crippen molar-refractivity contribution < 1.29 is 32.2 Å². The van der Waals surface area contributed by atoms with Crippen LogP contribution >= 0.6 is 0 Å². The number of ether oxygens (including phenoxy) is 3. The van der Waals surface area contributed by atoms with Crippen LogP contribution in [0.3, 0.4) is 0 Å². The molecule has 0 fully saturated rings. The van der Waals surface area contributed by atoms with E-state index in [4.69, 9.17) is 14.2 Å². The molecule has 0 aliphatic carbocycles. The average Bonchev–Trinajstić information content (AvgIpc) is 2.71. The lowest BCUT2D eigenvalue weighted by Crippen LogP contribution is -2.49. The summed E-state index contributed by atoms with van der Waals surface area (Å²) >= 11 is 0. The minimum absolute atomic E-state index is 0.0567. The molecule has 180 valence electrons.